The summed E-state index contributed by atoms with van der Waals surface area (Å²) >= 11 is 1.31. The fourth-order valence-corrected chi connectivity index (χ4v) is 6.29. The molecule has 1 saturated carbocycles. The van der Waals surface area contributed by atoms with Crippen LogP contribution in [0, 0.1) is 0 Å². The van der Waals surface area contributed by atoms with Gasteiger partial charge in [0.15, 0.2) is 0 Å². The van der Waals surface area contributed by atoms with Crippen molar-refractivity contribution in [3.63, 3.8) is 0 Å². The zero-order valence-electron chi connectivity index (χ0n) is 17.9. The maximum Gasteiger partial charge on any atom is 0.269 e. The van der Waals surface area contributed by atoms with Gasteiger partial charge in [-0.3, -0.25) is 24.2 Å². The summed E-state index contributed by atoms with van der Waals surface area (Å²) in [5.74, 6) is 0.300. The average Bonchev–Trinajstić information content (AvgIpc) is 3.50. The summed E-state index contributed by atoms with van der Waals surface area (Å²) in [4.78, 5) is 41.6. The Bertz CT molecular complexity index is 1070. The third kappa shape index (κ3) is 3.24. The highest BCUT2D eigenvalue weighted by Crippen LogP contribution is 2.55. The first-order chi connectivity index (χ1) is 15.5. The van der Waals surface area contributed by atoms with E-state index in [4.69, 9.17) is 4.74 Å². The van der Waals surface area contributed by atoms with E-state index >= 15 is 0 Å². The molecule has 1 spiro atoms. The number of hydrogen-bond acceptors (Lipinski definition) is 5. The van der Waals surface area contributed by atoms with Gasteiger partial charge in [0.05, 0.1) is 18.6 Å². The predicted molar refractivity (Wildman–Crippen MR) is 124 cm³/mol. The molecular formula is C24H25N3O4S. The maximum absolute atomic E-state index is 13.9. The highest BCUT2D eigenvalue weighted by Gasteiger charge is 2.61. The molecule has 0 unspecified atom stereocenters. The van der Waals surface area contributed by atoms with Gasteiger partial charge in [0, 0.05) is 17.3 Å². The topological polar surface area (TPSA) is 79.0 Å². The van der Waals surface area contributed by atoms with Crippen LogP contribution in [0.2, 0.25) is 0 Å². The quantitative estimate of drug-likeness (QED) is 0.756. The van der Waals surface area contributed by atoms with Crippen LogP contribution in [-0.4, -0.2) is 43.2 Å². The number of nitrogens with one attached hydrogen (secondary N) is 1. The number of thioether (sulfide) groups is 1. The number of amides is 3. The zero-order valence-corrected chi connectivity index (χ0v) is 18.7. The molecule has 0 radical (unpaired) electrons. The second-order valence-electron chi connectivity index (χ2n) is 8.32. The average molecular weight is 452 g/mol. The fourth-order valence-electron chi connectivity index (χ4n) is 4.93. The van der Waals surface area contributed by atoms with Gasteiger partial charge in [-0.2, -0.15) is 0 Å². The second kappa shape index (κ2) is 8.16. The Kier molecular flexibility index (Phi) is 5.33. The third-order valence-electron chi connectivity index (χ3n) is 6.42. The molecule has 2 heterocycles. The summed E-state index contributed by atoms with van der Waals surface area (Å²) in [5, 5.41) is 3.07. The lowest BCUT2D eigenvalue weighted by atomic mass is 10.0. The van der Waals surface area contributed by atoms with Gasteiger partial charge in [-0.25, -0.2) is 0 Å². The van der Waals surface area contributed by atoms with Crippen molar-refractivity contribution < 1.29 is 19.1 Å². The monoisotopic (exact) mass is 451 g/mol. The minimum Gasteiger partial charge on any atom is -0.497 e. The third-order valence-corrected chi connectivity index (χ3v) is 7.80. The largest absolute Gasteiger partial charge is 0.497 e. The van der Waals surface area contributed by atoms with Crippen LogP contribution in [0.25, 0.3) is 0 Å². The summed E-state index contributed by atoms with van der Waals surface area (Å²) in [5.41, 5.74) is 2.05. The minimum absolute atomic E-state index is 0.0563. The summed E-state index contributed by atoms with van der Waals surface area (Å²) in [6.07, 6.45) is 4.20. The van der Waals surface area contributed by atoms with Crippen LogP contribution in [-0.2, 0) is 19.3 Å². The lowest BCUT2D eigenvalue weighted by Crippen LogP contribution is -2.51. The van der Waals surface area contributed by atoms with Crippen LogP contribution in [0.3, 0.4) is 0 Å². The first kappa shape index (κ1) is 20.9. The first-order valence-electron chi connectivity index (χ1n) is 10.9. The molecule has 1 saturated heterocycles. The van der Waals surface area contributed by atoms with Crippen molar-refractivity contribution in [2.75, 3.05) is 29.2 Å². The van der Waals surface area contributed by atoms with Crippen molar-refractivity contribution in [1.29, 1.82) is 0 Å². The fraction of sp³-hybridized carbons (Fsp3) is 0.375. The van der Waals surface area contributed by atoms with Gasteiger partial charge in [0.2, 0.25) is 16.7 Å². The molecule has 2 fully saturated rings. The molecule has 2 aromatic rings. The number of rotatable bonds is 5. The Hall–Kier alpha value is -3.00. The van der Waals surface area contributed by atoms with Gasteiger partial charge in [-0.15, -0.1) is 11.8 Å². The van der Waals surface area contributed by atoms with Crippen molar-refractivity contribution >= 4 is 40.9 Å². The summed E-state index contributed by atoms with van der Waals surface area (Å²) < 4.78 is 5.24. The van der Waals surface area contributed by atoms with E-state index < -0.39 is 4.87 Å². The van der Waals surface area contributed by atoms with Crippen molar-refractivity contribution in [3.05, 3.63) is 54.1 Å². The molecule has 8 heteroatoms. The molecule has 1 N–H and O–H groups in total. The van der Waals surface area contributed by atoms with Crippen LogP contribution in [0.15, 0.2) is 48.5 Å². The van der Waals surface area contributed by atoms with E-state index in [1.165, 1.54) is 16.7 Å². The van der Waals surface area contributed by atoms with Crippen molar-refractivity contribution in [3.8, 4) is 5.75 Å². The van der Waals surface area contributed by atoms with Gasteiger partial charge in [0.1, 0.15) is 12.3 Å². The molecule has 5 rings (SSSR count). The van der Waals surface area contributed by atoms with E-state index in [2.05, 4.69) is 5.32 Å². The smallest absolute Gasteiger partial charge is 0.269 e. The number of carbonyl (C=O) groups is 3. The Balaban J connectivity index is 1.51. The number of ether oxygens (including phenoxy) is 1. The highest BCUT2D eigenvalue weighted by atomic mass is 32.2. The lowest BCUT2D eigenvalue weighted by molar-refractivity contribution is -0.126. The lowest BCUT2D eigenvalue weighted by Gasteiger charge is -2.33. The van der Waals surface area contributed by atoms with Crippen LogP contribution in [0.5, 0.6) is 5.75 Å². The van der Waals surface area contributed by atoms with Gasteiger partial charge in [0.25, 0.3) is 5.91 Å². The molecule has 32 heavy (non-hydrogen) atoms. The second-order valence-corrected chi connectivity index (χ2v) is 9.49. The highest BCUT2D eigenvalue weighted by molar-refractivity contribution is 8.02. The van der Waals surface area contributed by atoms with E-state index in [0.29, 0.717) is 17.1 Å². The molecule has 1 atom stereocenters. The molecule has 0 aromatic heterocycles. The number of nitrogens with zero attached hydrogens (tertiary/aromatic N) is 2. The molecule has 166 valence electrons. The first-order valence-corrected chi connectivity index (χ1v) is 11.8. The van der Waals surface area contributed by atoms with Crippen molar-refractivity contribution in [2.45, 2.75) is 36.6 Å². The van der Waals surface area contributed by atoms with E-state index in [0.717, 1.165) is 31.2 Å². The number of fused-ring (bicyclic) bond motifs is 2. The number of para-hydroxylation sites is 1. The Morgan fingerprint density at radius 1 is 1.12 bits per heavy atom. The number of anilines is 2. The van der Waals surface area contributed by atoms with Crippen molar-refractivity contribution in [2.24, 2.45) is 0 Å². The Morgan fingerprint density at radius 3 is 2.56 bits per heavy atom. The molecule has 1 aliphatic carbocycles. The molecule has 3 amide bonds. The van der Waals surface area contributed by atoms with Crippen LogP contribution >= 0.6 is 11.8 Å². The normalized spacial score (nSPS) is 22.7. The molecular weight excluding hydrogens is 426 g/mol. The summed E-state index contributed by atoms with van der Waals surface area (Å²) in [6.45, 7) is -0.0563. The zero-order chi connectivity index (χ0) is 22.3. The summed E-state index contributed by atoms with van der Waals surface area (Å²) in [7, 11) is 1.58. The number of hydrogen-bond donors (Lipinski definition) is 1. The van der Waals surface area contributed by atoms with Gasteiger partial charge < -0.3 is 10.1 Å². The number of benzene rings is 2. The predicted octanol–water partition coefficient (Wildman–Crippen LogP) is 3.03. The van der Waals surface area contributed by atoms with E-state index in [-0.39, 0.29) is 36.1 Å². The molecule has 2 aliphatic heterocycles. The Morgan fingerprint density at radius 2 is 1.84 bits per heavy atom. The SMILES string of the molecule is COc1ccc(N2C(=O)CS[C@@]23C(=O)N(CC(=O)NC2CCCC2)c2ccccc23)cc1. The van der Waals surface area contributed by atoms with Crippen molar-refractivity contribution in [1.82, 2.24) is 5.32 Å². The molecule has 2 aromatic carbocycles. The molecule has 0 bridgehead atoms. The standard InChI is InChI=1S/C24H25N3O4S/c1-31-18-12-10-17(11-13-18)27-22(29)15-32-24(27)19-8-4-5-9-20(19)26(23(24)30)14-21(28)25-16-6-2-3-7-16/h4-5,8-13,16H,2-3,6-7,14-15H2,1H3,(H,25,28)/t24-/m0/s1. The van der Waals surface area contributed by atoms with Gasteiger partial charge in [-0.05, 0) is 43.2 Å². The Labute approximate surface area is 191 Å². The van der Waals surface area contributed by atoms with Gasteiger partial charge in [-0.1, -0.05) is 31.0 Å². The van der Waals surface area contributed by atoms with Crippen LogP contribution in [0.4, 0.5) is 11.4 Å². The van der Waals surface area contributed by atoms with E-state index in [1.807, 2.05) is 24.3 Å². The number of methoxy groups -OCH3 is 1. The van der Waals surface area contributed by atoms with Gasteiger partial charge >= 0.3 is 0 Å². The number of carbonyl (C=O) groups excluding carboxylic acids is 3. The van der Waals surface area contributed by atoms with Crippen LogP contribution < -0.4 is 19.9 Å². The molecule has 3 aliphatic rings. The minimum atomic E-state index is -1.21. The molecule has 7 nitrogen and oxygen atoms in total. The van der Waals surface area contributed by atoms with E-state index in [9.17, 15) is 14.4 Å². The summed E-state index contributed by atoms with van der Waals surface area (Å²) in [6, 6.07) is 14.8. The maximum atomic E-state index is 13.9. The van der Waals surface area contributed by atoms with E-state index in [1.54, 1.807) is 36.3 Å². The van der Waals surface area contributed by atoms with Crippen LogP contribution in [0.1, 0.15) is 31.2 Å².